The maximum absolute atomic E-state index is 13.8. The fourth-order valence-electron chi connectivity index (χ4n) is 3.91. The van der Waals surface area contributed by atoms with Gasteiger partial charge in [0.05, 0.1) is 13.2 Å². The van der Waals surface area contributed by atoms with Crippen molar-refractivity contribution in [1.82, 2.24) is 0 Å². The van der Waals surface area contributed by atoms with Crippen LogP contribution in [-0.4, -0.2) is 36.6 Å². The van der Waals surface area contributed by atoms with Gasteiger partial charge in [0, 0.05) is 0 Å². The highest BCUT2D eigenvalue weighted by atomic mass is 19.1. The predicted molar refractivity (Wildman–Crippen MR) is 136 cm³/mol. The van der Waals surface area contributed by atoms with Crippen molar-refractivity contribution < 1.29 is 28.5 Å². The van der Waals surface area contributed by atoms with Gasteiger partial charge in [0.2, 0.25) is 0 Å². The van der Waals surface area contributed by atoms with Crippen LogP contribution >= 0.6 is 0 Å². The average molecular weight is 489 g/mol. The van der Waals surface area contributed by atoms with E-state index in [1.54, 1.807) is 24.3 Å². The molecule has 4 nitrogen and oxygen atoms in total. The maximum Gasteiger partial charge on any atom is 0.123 e. The maximum atomic E-state index is 13.8. The molecule has 0 aromatic heterocycles. The van der Waals surface area contributed by atoms with E-state index in [1.807, 2.05) is 48.5 Å². The van der Waals surface area contributed by atoms with Crippen LogP contribution in [0.15, 0.2) is 97.1 Å². The van der Waals surface area contributed by atoms with Crippen molar-refractivity contribution in [3.63, 3.8) is 0 Å². The van der Waals surface area contributed by atoms with E-state index < -0.39 is 0 Å². The number of hydrogen-bond donors (Lipinski definition) is 2. The van der Waals surface area contributed by atoms with Gasteiger partial charge in [0.25, 0.3) is 0 Å². The summed E-state index contributed by atoms with van der Waals surface area (Å²) >= 11 is 0. The van der Waals surface area contributed by atoms with Crippen LogP contribution in [0, 0.1) is 11.6 Å². The van der Waals surface area contributed by atoms with Gasteiger partial charge in [0.1, 0.15) is 36.3 Å². The monoisotopic (exact) mass is 488 g/mol. The Kier molecular flexibility index (Phi) is 8.44. The van der Waals surface area contributed by atoms with Crippen LogP contribution in [0.25, 0.3) is 11.1 Å². The molecule has 0 atom stereocenters. The minimum atomic E-state index is -0.352. The molecule has 184 valence electrons. The van der Waals surface area contributed by atoms with Crippen LogP contribution in [0.2, 0.25) is 0 Å². The zero-order valence-electron chi connectivity index (χ0n) is 19.5. The van der Waals surface area contributed by atoms with Crippen LogP contribution in [0.3, 0.4) is 0 Å². The zero-order chi connectivity index (χ0) is 25.3. The van der Waals surface area contributed by atoms with E-state index in [2.05, 4.69) is 0 Å². The summed E-state index contributed by atoms with van der Waals surface area (Å²) in [5.74, 6) is 0.527. The summed E-state index contributed by atoms with van der Waals surface area (Å²) < 4.78 is 38.7. The topological polar surface area (TPSA) is 58.9 Å². The molecule has 0 spiro atoms. The second-order valence-corrected chi connectivity index (χ2v) is 7.96. The summed E-state index contributed by atoms with van der Waals surface area (Å²) in [6.07, 6.45) is 0. The lowest BCUT2D eigenvalue weighted by Gasteiger charge is -2.19. The Morgan fingerprint density at radius 1 is 0.472 bits per heavy atom. The summed E-state index contributed by atoms with van der Waals surface area (Å²) in [5.41, 5.74) is 4.88. The molecule has 0 aliphatic heterocycles. The molecule has 4 rings (SSSR count). The molecule has 0 fully saturated rings. The first-order valence-electron chi connectivity index (χ1n) is 11.5. The fraction of sp³-hybridized carbons (Fsp3) is 0.133. The van der Waals surface area contributed by atoms with Crippen molar-refractivity contribution in [3.8, 4) is 11.5 Å². The lowest BCUT2D eigenvalue weighted by Crippen LogP contribution is -2.02. The molecule has 0 saturated heterocycles. The Labute approximate surface area is 208 Å². The number of rotatable bonds is 10. The van der Waals surface area contributed by atoms with Crippen LogP contribution < -0.4 is 9.47 Å². The molecular weight excluding hydrogens is 462 g/mol. The van der Waals surface area contributed by atoms with E-state index in [0.717, 1.165) is 33.4 Å². The lowest BCUT2D eigenvalue weighted by atomic mass is 9.85. The van der Waals surface area contributed by atoms with Crippen molar-refractivity contribution in [2.45, 2.75) is 0 Å². The molecule has 0 amide bonds. The molecule has 0 radical (unpaired) electrons. The van der Waals surface area contributed by atoms with E-state index in [0.29, 0.717) is 11.5 Å². The van der Waals surface area contributed by atoms with Crippen LogP contribution in [-0.2, 0) is 0 Å². The highest BCUT2D eigenvalue weighted by Crippen LogP contribution is 2.38. The molecule has 0 saturated carbocycles. The van der Waals surface area contributed by atoms with Gasteiger partial charge in [-0.25, -0.2) is 8.78 Å². The van der Waals surface area contributed by atoms with Gasteiger partial charge in [-0.1, -0.05) is 48.5 Å². The standard InChI is InChI=1S/C30H26F2O4/c31-25-9-1-21(2-10-25)29(22-3-11-26(32)12-4-22)30(23-5-13-27(14-6-23)35-19-17-33)24-7-15-28(16-8-24)36-20-18-34/h1-16,33-34H,17-20H2. The first-order valence-corrected chi connectivity index (χ1v) is 11.5. The number of aliphatic hydroxyl groups is 2. The summed E-state index contributed by atoms with van der Waals surface area (Å²) in [6.45, 7) is 0.204. The molecule has 6 heteroatoms. The summed E-state index contributed by atoms with van der Waals surface area (Å²) in [7, 11) is 0. The highest BCUT2D eigenvalue weighted by molar-refractivity contribution is 6.04. The number of hydrogen-bond acceptors (Lipinski definition) is 4. The zero-order valence-corrected chi connectivity index (χ0v) is 19.5. The summed E-state index contributed by atoms with van der Waals surface area (Å²) in [4.78, 5) is 0. The Morgan fingerprint density at radius 2 is 0.750 bits per heavy atom. The number of aliphatic hydroxyl groups excluding tert-OH is 2. The van der Waals surface area contributed by atoms with E-state index in [4.69, 9.17) is 19.7 Å². The first-order chi connectivity index (χ1) is 17.6. The summed E-state index contributed by atoms with van der Waals surface area (Å²) in [6, 6.07) is 27.3. The van der Waals surface area contributed by atoms with E-state index in [-0.39, 0.29) is 38.1 Å². The van der Waals surface area contributed by atoms with Gasteiger partial charge < -0.3 is 19.7 Å². The number of halogens is 2. The van der Waals surface area contributed by atoms with E-state index in [1.165, 1.54) is 24.3 Å². The van der Waals surface area contributed by atoms with Crippen molar-refractivity contribution in [2.24, 2.45) is 0 Å². The lowest BCUT2D eigenvalue weighted by molar-refractivity contribution is 0.201. The molecule has 4 aromatic carbocycles. The van der Waals surface area contributed by atoms with Gasteiger partial charge in [-0.15, -0.1) is 0 Å². The summed E-state index contributed by atoms with van der Waals surface area (Å²) in [5, 5.41) is 18.1. The first kappa shape index (κ1) is 25.1. The van der Waals surface area contributed by atoms with Gasteiger partial charge in [-0.2, -0.15) is 0 Å². The number of ether oxygens (including phenoxy) is 2. The molecule has 4 aromatic rings. The Balaban J connectivity index is 1.93. The van der Waals surface area contributed by atoms with Crippen molar-refractivity contribution in [2.75, 3.05) is 26.4 Å². The van der Waals surface area contributed by atoms with Gasteiger partial charge in [-0.3, -0.25) is 0 Å². The quantitative estimate of drug-likeness (QED) is 0.281. The van der Waals surface area contributed by atoms with Crippen LogP contribution in [0.1, 0.15) is 22.3 Å². The van der Waals surface area contributed by atoms with Crippen molar-refractivity contribution in [1.29, 1.82) is 0 Å². The molecule has 36 heavy (non-hydrogen) atoms. The average Bonchev–Trinajstić information content (AvgIpc) is 2.91. The van der Waals surface area contributed by atoms with E-state index in [9.17, 15) is 8.78 Å². The molecule has 0 aliphatic rings. The molecule has 2 N–H and O–H groups in total. The minimum absolute atomic E-state index is 0.0864. The second-order valence-electron chi connectivity index (χ2n) is 7.96. The molecule has 0 bridgehead atoms. The van der Waals surface area contributed by atoms with Crippen LogP contribution in [0.4, 0.5) is 8.78 Å². The number of benzene rings is 4. The highest BCUT2D eigenvalue weighted by Gasteiger charge is 2.17. The smallest absolute Gasteiger partial charge is 0.123 e. The largest absolute Gasteiger partial charge is 0.491 e. The second kappa shape index (κ2) is 12.1. The van der Waals surface area contributed by atoms with E-state index >= 15 is 0 Å². The third-order valence-electron chi connectivity index (χ3n) is 5.52. The molecule has 0 unspecified atom stereocenters. The SMILES string of the molecule is OCCOc1ccc(C(=C(c2ccc(F)cc2)c2ccc(F)cc2)c2ccc(OCCO)cc2)cc1. The Bertz CT molecular complexity index is 1180. The van der Waals surface area contributed by atoms with Gasteiger partial charge in [0.15, 0.2) is 0 Å². The van der Waals surface area contributed by atoms with Gasteiger partial charge in [-0.05, 0) is 81.9 Å². The minimum Gasteiger partial charge on any atom is -0.491 e. The van der Waals surface area contributed by atoms with Gasteiger partial charge >= 0.3 is 0 Å². The molecular formula is C30H26F2O4. The fourth-order valence-corrected chi connectivity index (χ4v) is 3.91. The Morgan fingerprint density at radius 3 is 1.03 bits per heavy atom. The molecule has 0 aliphatic carbocycles. The Hall–Kier alpha value is -4.00. The third-order valence-corrected chi connectivity index (χ3v) is 5.52. The normalized spacial score (nSPS) is 10.7. The van der Waals surface area contributed by atoms with Crippen molar-refractivity contribution in [3.05, 3.63) is 131 Å². The third kappa shape index (κ3) is 6.16. The van der Waals surface area contributed by atoms with Crippen molar-refractivity contribution >= 4 is 11.1 Å². The predicted octanol–water partition coefficient (Wildman–Crippen LogP) is 5.71. The molecule has 0 heterocycles. The van der Waals surface area contributed by atoms with Crippen LogP contribution in [0.5, 0.6) is 11.5 Å².